The molecule has 1 aliphatic rings. The van der Waals surface area contributed by atoms with Gasteiger partial charge in [0.15, 0.2) is 11.5 Å². The van der Waals surface area contributed by atoms with Gasteiger partial charge in [0.25, 0.3) is 0 Å². The van der Waals surface area contributed by atoms with E-state index in [1.807, 2.05) is 0 Å². The van der Waals surface area contributed by atoms with Crippen LogP contribution in [0.1, 0.15) is 11.1 Å². The van der Waals surface area contributed by atoms with Gasteiger partial charge in [0.1, 0.15) is 0 Å². The van der Waals surface area contributed by atoms with Crippen molar-refractivity contribution in [2.75, 3.05) is 6.79 Å². The van der Waals surface area contributed by atoms with Crippen molar-refractivity contribution in [3.8, 4) is 17.2 Å². The average Bonchev–Trinajstić information content (AvgIpc) is 2.71. The van der Waals surface area contributed by atoms with Crippen LogP contribution in [0.5, 0.6) is 17.2 Å². The highest BCUT2D eigenvalue weighted by molar-refractivity contribution is 6.48. The molecule has 0 fully saturated rings. The van der Waals surface area contributed by atoms with Crippen LogP contribution in [0.4, 0.5) is 0 Å². The highest BCUT2D eigenvalue weighted by Crippen LogP contribution is 2.46. The summed E-state index contributed by atoms with van der Waals surface area (Å²) in [5.41, 5.74) is 6.56. The molecule has 0 aromatic heterocycles. The number of benzene rings is 1. The van der Waals surface area contributed by atoms with Gasteiger partial charge in [-0.3, -0.25) is 0 Å². The van der Waals surface area contributed by atoms with E-state index in [0.717, 1.165) is 0 Å². The molecule has 0 saturated heterocycles. The summed E-state index contributed by atoms with van der Waals surface area (Å²) in [5, 5.41) is 9.99. The molecule has 84 valence electrons. The molecule has 1 heterocycles. The number of phenols is 1. The summed E-state index contributed by atoms with van der Waals surface area (Å²) >= 11 is 5.84. The van der Waals surface area contributed by atoms with Crippen LogP contribution in [0.25, 0.3) is 11.1 Å². The number of hydrogen-bond donors (Lipinski definition) is 2. The van der Waals surface area contributed by atoms with Crippen molar-refractivity contribution >= 4 is 22.7 Å². The number of phenolic OH excluding ortho intramolecular Hbond substituents is 1. The van der Waals surface area contributed by atoms with E-state index in [0.29, 0.717) is 27.7 Å². The third-order valence-corrected chi connectivity index (χ3v) is 2.42. The molecule has 0 saturated carbocycles. The van der Waals surface area contributed by atoms with Gasteiger partial charge in [-0.25, -0.2) is 0 Å². The second kappa shape index (κ2) is 3.98. The van der Waals surface area contributed by atoms with Crippen LogP contribution >= 0.6 is 11.6 Å². The van der Waals surface area contributed by atoms with Crippen molar-refractivity contribution in [3.63, 3.8) is 0 Å². The number of hydrogen-bond acceptors (Lipinski definition) is 4. The molecule has 3 N–H and O–H groups in total. The first kappa shape index (κ1) is 10.7. The van der Waals surface area contributed by atoms with Crippen LogP contribution in [0, 0.1) is 0 Å². The maximum atomic E-state index is 9.69. The Morgan fingerprint density at radius 1 is 1.50 bits per heavy atom. The minimum absolute atomic E-state index is 0.0292. The summed E-state index contributed by atoms with van der Waals surface area (Å²) in [6.45, 7) is 3.68. The lowest BCUT2D eigenvalue weighted by atomic mass is 10.0. The average molecular weight is 240 g/mol. The number of ether oxygens (including phenoxy) is 2. The van der Waals surface area contributed by atoms with E-state index in [9.17, 15) is 5.11 Å². The summed E-state index contributed by atoms with van der Waals surface area (Å²) in [7, 11) is 0. The highest BCUT2D eigenvalue weighted by Gasteiger charge is 2.24. The van der Waals surface area contributed by atoms with Crippen LogP contribution in [0.15, 0.2) is 18.8 Å². The Hall–Kier alpha value is -1.81. The Kier molecular flexibility index (Phi) is 2.66. The molecular weight excluding hydrogens is 230 g/mol. The summed E-state index contributed by atoms with van der Waals surface area (Å²) in [6, 6.07) is 1.47. The molecule has 1 aromatic carbocycles. The molecule has 0 atom stereocenters. The number of nitrogens with two attached hydrogens (primary N) is 1. The van der Waals surface area contributed by atoms with Crippen molar-refractivity contribution in [1.82, 2.24) is 0 Å². The van der Waals surface area contributed by atoms with Crippen LogP contribution in [0.3, 0.4) is 0 Å². The third kappa shape index (κ3) is 1.57. The second-order valence-electron chi connectivity index (χ2n) is 3.19. The fraction of sp³-hybridized carbons (Fsp3) is 0.0909. The zero-order chi connectivity index (χ0) is 11.7. The molecule has 1 aliphatic heterocycles. The largest absolute Gasteiger partial charge is 0.504 e. The number of fused-ring (bicyclic) bond motifs is 1. The van der Waals surface area contributed by atoms with E-state index < -0.39 is 0 Å². The smallest absolute Gasteiger partial charge is 0.231 e. The Balaban J connectivity index is 2.71. The molecular formula is C11H10ClNO3. The van der Waals surface area contributed by atoms with E-state index >= 15 is 0 Å². The number of halogens is 1. The first-order valence-electron chi connectivity index (χ1n) is 4.53. The molecule has 2 rings (SSSR count). The maximum Gasteiger partial charge on any atom is 0.231 e. The molecule has 0 unspecified atom stereocenters. The predicted octanol–water partition coefficient (Wildman–Crippen LogP) is 2.26. The minimum Gasteiger partial charge on any atom is -0.504 e. The van der Waals surface area contributed by atoms with Crippen molar-refractivity contribution in [2.24, 2.45) is 5.73 Å². The van der Waals surface area contributed by atoms with Crippen LogP contribution in [-0.2, 0) is 0 Å². The van der Waals surface area contributed by atoms with Gasteiger partial charge in [-0.05, 0) is 18.3 Å². The van der Waals surface area contributed by atoms with E-state index in [1.54, 1.807) is 6.08 Å². The maximum absolute atomic E-state index is 9.69. The Morgan fingerprint density at radius 3 is 2.81 bits per heavy atom. The van der Waals surface area contributed by atoms with Crippen molar-refractivity contribution in [3.05, 3.63) is 30.0 Å². The summed E-state index contributed by atoms with van der Waals surface area (Å²) in [5.74, 6) is 0.701. The van der Waals surface area contributed by atoms with E-state index in [1.165, 1.54) is 12.3 Å². The summed E-state index contributed by atoms with van der Waals surface area (Å²) in [6.07, 6.45) is 2.98. The molecule has 0 aliphatic carbocycles. The monoisotopic (exact) mass is 239 g/mol. The Labute approximate surface area is 97.5 Å². The zero-order valence-corrected chi connectivity index (χ0v) is 9.12. The Bertz CT molecular complexity index is 483. The zero-order valence-electron chi connectivity index (χ0n) is 8.37. The van der Waals surface area contributed by atoms with E-state index in [-0.39, 0.29) is 12.5 Å². The highest BCUT2D eigenvalue weighted by atomic mass is 35.5. The molecule has 0 bridgehead atoms. The topological polar surface area (TPSA) is 64.7 Å². The number of rotatable bonds is 2. The van der Waals surface area contributed by atoms with Crippen molar-refractivity contribution in [2.45, 2.75) is 0 Å². The SMILES string of the molecule is C=C(Cl)c1cc(O)c2c(c1/C=C\N)OCO2. The van der Waals surface area contributed by atoms with Crippen molar-refractivity contribution in [1.29, 1.82) is 0 Å². The molecule has 1 aromatic rings. The normalized spacial score (nSPS) is 13.3. The molecule has 0 radical (unpaired) electrons. The Morgan fingerprint density at radius 2 is 2.19 bits per heavy atom. The van der Waals surface area contributed by atoms with Crippen LogP contribution < -0.4 is 15.2 Å². The fourth-order valence-corrected chi connectivity index (χ4v) is 1.71. The van der Waals surface area contributed by atoms with Gasteiger partial charge in [0.05, 0.1) is 0 Å². The fourth-order valence-electron chi connectivity index (χ4n) is 1.56. The van der Waals surface area contributed by atoms with Gasteiger partial charge in [-0.1, -0.05) is 18.2 Å². The minimum atomic E-state index is -0.0292. The summed E-state index contributed by atoms with van der Waals surface area (Å²) in [4.78, 5) is 0. The van der Waals surface area contributed by atoms with Gasteiger partial charge in [-0.2, -0.15) is 0 Å². The number of aromatic hydroxyl groups is 1. The van der Waals surface area contributed by atoms with Crippen LogP contribution in [0.2, 0.25) is 0 Å². The third-order valence-electron chi connectivity index (χ3n) is 2.22. The van der Waals surface area contributed by atoms with E-state index in [4.69, 9.17) is 26.8 Å². The first-order chi connectivity index (χ1) is 7.65. The van der Waals surface area contributed by atoms with Crippen LogP contribution in [-0.4, -0.2) is 11.9 Å². The van der Waals surface area contributed by atoms with Crippen molar-refractivity contribution < 1.29 is 14.6 Å². The second-order valence-corrected chi connectivity index (χ2v) is 3.64. The predicted molar refractivity (Wildman–Crippen MR) is 62.3 cm³/mol. The molecule has 0 spiro atoms. The van der Waals surface area contributed by atoms with Gasteiger partial charge < -0.3 is 20.3 Å². The van der Waals surface area contributed by atoms with Gasteiger partial charge in [0.2, 0.25) is 12.5 Å². The molecule has 0 amide bonds. The molecule has 5 heteroatoms. The van der Waals surface area contributed by atoms with Gasteiger partial charge >= 0.3 is 0 Å². The summed E-state index contributed by atoms with van der Waals surface area (Å²) < 4.78 is 10.4. The lowest BCUT2D eigenvalue weighted by molar-refractivity contribution is 0.171. The van der Waals surface area contributed by atoms with E-state index in [2.05, 4.69) is 6.58 Å². The quantitative estimate of drug-likeness (QED) is 0.831. The lowest BCUT2D eigenvalue weighted by Crippen LogP contribution is -1.94. The molecule has 16 heavy (non-hydrogen) atoms. The standard InChI is InChI=1S/C11H10ClNO3/c1-6(12)8-4-9(14)11-10(15-5-16-11)7(8)2-3-13/h2-4,14H,1,5,13H2/b3-2-. The van der Waals surface area contributed by atoms with Gasteiger partial charge in [0, 0.05) is 16.2 Å². The first-order valence-corrected chi connectivity index (χ1v) is 4.91. The van der Waals surface area contributed by atoms with Gasteiger partial charge in [-0.15, -0.1) is 0 Å². The lowest BCUT2D eigenvalue weighted by Gasteiger charge is -2.09. The molecule has 4 nitrogen and oxygen atoms in total.